The van der Waals surface area contributed by atoms with Crippen LogP contribution in [0.15, 0.2) is 24.3 Å². The van der Waals surface area contributed by atoms with Crippen molar-refractivity contribution in [1.29, 1.82) is 0 Å². The number of thioether (sulfide) groups is 1. The third-order valence-corrected chi connectivity index (χ3v) is 4.42. The van der Waals surface area contributed by atoms with Crippen LogP contribution in [-0.2, 0) is 15.3 Å². The molecule has 0 heterocycles. The molecule has 0 aliphatic carbocycles. The molecule has 4 nitrogen and oxygen atoms in total. The lowest BCUT2D eigenvalue weighted by molar-refractivity contribution is -0.155. The highest BCUT2D eigenvalue weighted by atomic mass is 35.5. The Morgan fingerprint density at radius 1 is 1.38 bits per heavy atom. The predicted octanol–water partition coefficient (Wildman–Crippen LogP) is 3.28. The van der Waals surface area contributed by atoms with Crippen molar-refractivity contribution >= 4 is 35.2 Å². The minimum absolute atomic E-state index is 0.170. The molecule has 0 aliphatic rings. The van der Waals surface area contributed by atoms with E-state index in [4.69, 9.17) is 11.6 Å². The van der Waals surface area contributed by atoms with E-state index in [-0.39, 0.29) is 11.7 Å². The minimum atomic E-state index is -1.19. The number of benzene rings is 1. The zero-order valence-electron chi connectivity index (χ0n) is 12.4. The van der Waals surface area contributed by atoms with Crippen LogP contribution in [0.2, 0.25) is 5.02 Å². The average Bonchev–Trinajstić information content (AvgIpc) is 2.39. The number of carbonyl (C=O) groups is 2. The summed E-state index contributed by atoms with van der Waals surface area (Å²) in [6, 6.07) is 7.47. The maximum Gasteiger partial charge on any atom is 0.329 e. The summed E-state index contributed by atoms with van der Waals surface area (Å²) >= 11 is 7.36. The third kappa shape index (κ3) is 4.93. The molecule has 1 N–H and O–H groups in total. The Balaban J connectivity index is 2.58. The molecular formula is C15H20ClNO3S. The highest BCUT2D eigenvalue weighted by molar-refractivity contribution is 7.99. The molecule has 0 saturated heterocycles. The fourth-order valence-electron chi connectivity index (χ4n) is 1.96. The number of amides is 1. The number of likely N-dealkylation sites (N-methyl/N-ethyl adjacent to an activating group) is 1. The highest BCUT2D eigenvalue weighted by Gasteiger charge is 2.36. The van der Waals surface area contributed by atoms with Crippen LogP contribution in [0.1, 0.15) is 26.3 Å². The van der Waals surface area contributed by atoms with Gasteiger partial charge in [-0.15, -0.1) is 11.8 Å². The van der Waals surface area contributed by atoms with E-state index >= 15 is 0 Å². The Labute approximate surface area is 134 Å². The molecule has 6 heteroatoms. The Morgan fingerprint density at radius 3 is 2.57 bits per heavy atom. The Kier molecular flexibility index (Phi) is 6.55. The normalized spacial score (nSPS) is 11.2. The van der Waals surface area contributed by atoms with E-state index in [2.05, 4.69) is 0 Å². The van der Waals surface area contributed by atoms with Crippen LogP contribution in [0.25, 0.3) is 0 Å². The third-order valence-electron chi connectivity index (χ3n) is 3.20. The van der Waals surface area contributed by atoms with Gasteiger partial charge in [0.15, 0.2) is 0 Å². The Hall–Kier alpha value is -1.20. The van der Waals surface area contributed by atoms with Gasteiger partial charge < -0.3 is 10.0 Å². The minimum Gasteiger partial charge on any atom is -0.480 e. The van der Waals surface area contributed by atoms with Crippen molar-refractivity contribution in [1.82, 2.24) is 4.90 Å². The molecule has 0 saturated carbocycles. The number of rotatable bonds is 7. The number of carboxylic acid groups (broad SMARTS) is 1. The van der Waals surface area contributed by atoms with Crippen molar-refractivity contribution in [3.8, 4) is 0 Å². The first-order valence-electron chi connectivity index (χ1n) is 6.65. The van der Waals surface area contributed by atoms with Gasteiger partial charge in [-0.3, -0.25) is 4.79 Å². The molecule has 0 spiro atoms. The predicted molar refractivity (Wildman–Crippen MR) is 86.7 cm³/mol. The summed E-state index contributed by atoms with van der Waals surface area (Å²) in [4.78, 5) is 24.8. The lowest BCUT2D eigenvalue weighted by Crippen LogP contribution is -2.53. The monoisotopic (exact) mass is 329 g/mol. The Morgan fingerprint density at radius 2 is 2.05 bits per heavy atom. The fraction of sp³-hybridized carbons (Fsp3) is 0.467. The molecule has 1 rings (SSSR count). The van der Waals surface area contributed by atoms with Crippen LogP contribution in [0.3, 0.4) is 0 Å². The zero-order chi connectivity index (χ0) is 16.0. The van der Waals surface area contributed by atoms with E-state index in [0.29, 0.717) is 17.3 Å². The van der Waals surface area contributed by atoms with Gasteiger partial charge in [-0.1, -0.05) is 23.7 Å². The molecular weight excluding hydrogens is 310 g/mol. The van der Waals surface area contributed by atoms with Crippen LogP contribution >= 0.6 is 23.4 Å². The number of hydrogen-bond donors (Lipinski definition) is 1. The summed E-state index contributed by atoms with van der Waals surface area (Å²) in [6.45, 7) is 5.23. The van der Waals surface area contributed by atoms with Gasteiger partial charge >= 0.3 is 5.97 Å². The number of nitrogens with zero attached hydrogens (tertiary/aromatic N) is 1. The molecule has 21 heavy (non-hydrogen) atoms. The van der Waals surface area contributed by atoms with Crippen LogP contribution in [-0.4, -0.2) is 39.7 Å². The van der Waals surface area contributed by atoms with E-state index in [1.165, 1.54) is 16.7 Å². The topological polar surface area (TPSA) is 57.6 Å². The second-order valence-electron chi connectivity index (χ2n) is 5.12. The second-order valence-corrected chi connectivity index (χ2v) is 6.55. The summed E-state index contributed by atoms with van der Waals surface area (Å²) in [5.74, 6) is -0.261. The average molecular weight is 330 g/mol. The number of hydrogen-bond acceptors (Lipinski definition) is 3. The van der Waals surface area contributed by atoms with Gasteiger partial charge in [-0.05, 0) is 38.5 Å². The summed E-state index contributed by atoms with van der Waals surface area (Å²) < 4.78 is 0. The van der Waals surface area contributed by atoms with Gasteiger partial charge in [0.2, 0.25) is 5.91 Å². The van der Waals surface area contributed by atoms with Gasteiger partial charge in [0, 0.05) is 17.3 Å². The SMILES string of the molecule is CCN(C(=O)CSCc1cccc(Cl)c1)C(C)(C)C(=O)O. The molecule has 1 amide bonds. The van der Waals surface area contributed by atoms with Crippen molar-refractivity contribution in [3.63, 3.8) is 0 Å². The number of halogens is 1. The van der Waals surface area contributed by atoms with Crippen molar-refractivity contribution < 1.29 is 14.7 Å². The van der Waals surface area contributed by atoms with Crippen LogP contribution in [0.5, 0.6) is 0 Å². The van der Waals surface area contributed by atoms with Crippen molar-refractivity contribution in [2.24, 2.45) is 0 Å². The van der Waals surface area contributed by atoms with Gasteiger partial charge in [0.05, 0.1) is 5.75 Å². The summed E-state index contributed by atoms with van der Waals surface area (Å²) in [7, 11) is 0. The first-order valence-corrected chi connectivity index (χ1v) is 8.18. The van der Waals surface area contributed by atoms with Gasteiger partial charge in [0.25, 0.3) is 0 Å². The first-order chi connectivity index (χ1) is 9.78. The molecule has 0 aliphatic heterocycles. The number of aliphatic carboxylic acids is 1. The van der Waals surface area contributed by atoms with Crippen LogP contribution in [0.4, 0.5) is 0 Å². The van der Waals surface area contributed by atoms with E-state index < -0.39 is 11.5 Å². The molecule has 0 radical (unpaired) electrons. The van der Waals surface area contributed by atoms with Crippen LogP contribution in [0, 0.1) is 0 Å². The fourth-order valence-corrected chi connectivity index (χ4v) is 3.02. The maximum absolute atomic E-state index is 12.2. The molecule has 0 unspecified atom stereocenters. The molecule has 0 aromatic heterocycles. The molecule has 1 aromatic carbocycles. The quantitative estimate of drug-likeness (QED) is 0.834. The summed E-state index contributed by atoms with van der Waals surface area (Å²) in [5.41, 5.74) is -0.150. The summed E-state index contributed by atoms with van der Waals surface area (Å²) in [5, 5.41) is 9.88. The molecule has 0 bridgehead atoms. The number of carboxylic acids is 1. The second kappa shape index (κ2) is 7.71. The van der Waals surface area contributed by atoms with Crippen molar-refractivity contribution in [2.75, 3.05) is 12.3 Å². The number of carbonyl (C=O) groups excluding carboxylic acids is 1. The molecule has 0 fully saturated rings. The van der Waals surface area contributed by atoms with Crippen molar-refractivity contribution in [3.05, 3.63) is 34.9 Å². The smallest absolute Gasteiger partial charge is 0.329 e. The van der Waals surface area contributed by atoms with E-state index in [9.17, 15) is 14.7 Å². The van der Waals surface area contributed by atoms with E-state index in [1.54, 1.807) is 26.8 Å². The molecule has 116 valence electrons. The Bertz CT molecular complexity index is 519. The maximum atomic E-state index is 12.2. The van der Waals surface area contributed by atoms with Gasteiger partial charge in [0.1, 0.15) is 5.54 Å². The standard InChI is InChI=1S/C15H20ClNO3S/c1-4-17(15(2,3)14(19)20)13(18)10-21-9-11-6-5-7-12(16)8-11/h5-8H,4,9-10H2,1-3H3,(H,19,20). The largest absolute Gasteiger partial charge is 0.480 e. The van der Waals surface area contributed by atoms with Gasteiger partial charge in [-0.25, -0.2) is 4.79 Å². The molecule has 0 atom stereocenters. The lowest BCUT2D eigenvalue weighted by Gasteiger charge is -2.34. The summed E-state index contributed by atoms with van der Waals surface area (Å²) in [6.07, 6.45) is 0. The van der Waals surface area contributed by atoms with E-state index in [1.807, 2.05) is 18.2 Å². The molecule has 1 aromatic rings. The lowest BCUT2D eigenvalue weighted by atomic mass is 10.0. The van der Waals surface area contributed by atoms with E-state index in [0.717, 1.165) is 5.56 Å². The van der Waals surface area contributed by atoms with Crippen LogP contribution < -0.4 is 0 Å². The highest BCUT2D eigenvalue weighted by Crippen LogP contribution is 2.20. The van der Waals surface area contributed by atoms with Gasteiger partial charge in [-0.2, -0.15) is 0 Å². The first kappa shape index (κ1) is 17.9. The van der Waals surface area contributed by atoms with Crippen molar-refractivity contribution in [2.45, 2.75) is 32.1 Å². The zero-order valence-corrected chi connectivity index (χ0v) is 14.0.